The fourth-order valence-electron chi connectivity index (χ4n) is 0. The number of rotatable bonds is 0. The molecule has 65 valence electrons. The van der Waals surface area contributed by atoms with Crippen molar-refractivity contribution in [2.75, 3.05) is 28.2 Å². The monoisotopic (exact) mass is 157 g/mol. The summed E-state index contributed by atoms with van der Waals surface area (Å²) in [6, 6.07) is 0. The molecule has 11 heavy (non-hydrogen) atoms. The maximum Gasteiger partial charge on any atom is 0.131 e. The molecule has 0 bridgehead atoms. The Kier molecular flexibility index (Phi) is 24.7. The number of hydrogen-bond donors (Lipinski definition) is 0. The quantitative estimate of drug-likeness (QED) is 0.277. The summed E-state index contributed by atoms with van der Waals surface area (Å²) in [5.74, 6) is 0. The van der Waals surface area contributed by atoms with E-state index in [1.165, 1.54) is 0 Å². The van der Waals surface area contributed by atoms with Crippen LogP contribution >= 0.6 is 0 Å². The predicted octanol–water partition coefficient (Wildman–Crippen LogP) is 0.705. The third-order valence-electron chi connectivity index (χ3n) is 0. The van der Waals surface area contributed by atoms with Crippen molar-refractivity contribution in [3.63, 3.8) is 0 Å². The smallest absolute Gasteiger partial charge is 0.131 e. The van der Waals surface area contributed by atoms with Crippen molar-refractivity contribution in [2.45, 2.75) is 13.6 Å². The highest BCUT2D eigenvalue weighted by Gasteiger charge is 1.54. The van der Waals surface area contributed by atoms with E-state index in [1.54, 1.807) is 9.15 Å². The Labute approximate surface area is 72.5 Å². The molecule has 0 spiro atoms. The summed E-state index contributed by atoms with van der Waals surface area (Å²) in [6.07, 6.45) is 0. The summed E-state index contributed by atoms with van der Waals surface area (Å²) >= 11 is 0. The van der Waals surface area contributed by atoms with Crippen molar-refractivity contribution < 1.29 is 9.15 Å². The molecule has 0 aliphatic rings. The molecule has 0 aliphatic heterocycles. The van der Waals surface area contributed by atoms with Gasteiger partial charge in [-0.3, -0.25) is 0 Å². The molecule has 0 N–H and O–H groups in total. The molecule has 0 aromatic carbocycles. The second kappa shape index (κ2) is 16.2. The molecule has 0 amide bonds. The van der Waals surface area contributed by atoms with Crippen molar-refractivity contribution in [1.82, 2.24) is 0 Å². The van der Waals surface area contributed by atoms with Gasteiger partial charge in [-0.25, -0.2) is 9.15 Å². The zero-order valence-electron chi connectivity index (χ0n) is 8.89. The van der Waals surface area contributed by atoms with Gasteiger partial charge in [-0.15, -0.1) is 0 Å². The molecular formula is C8H22BN2+2. The molecule has 0 heterocycles. The van der Waals surface area contributed by atoms with Crippen molar-refractivity contribution in [3.05, 3.63) is 0 Å². The van der Waals surface area contributed by atoms with E-state index >= 15 is 0 Å². The standard InChI is InChI=1S/2C3H8N.C2H6B/c2*1-4(2)3;1-3-2/h2*1H2,2-3H3;1-2H3/q2*+1;. The first-order valence-corrected chi connectivity index (χ1v) is 3.58. The molecule has 0 aromatic heterocycles. The fraction of sp³-hybridized carbons (Fsp3) is 0.750. The molecule has 0 aliphatic carbocycles. The highest BCUT2D eigenvalue weighted by Crippen LogP contribution is 1.36. The average molecular weight is 157 g/mol. The fourth-order valence-corrected chi connectivity index (χ4v) is 0. The van der Waals surface area contributed by atoms with Crippen LogP contribution in [0.25, 0.3) is 0 Å². The van der Waals surface area contributed by atoms with Gasteiger partial charge in [-0.2, -0.15) is 0 Å². The molecule has 0 aromatic rings. The Morgan fingerprint density at radius 3 is 0.818 bits per heavy atom. The molecule has 0 rings (SSSR count). The van der Waals surface area contributed by atoms with Crippen LogP contribution in [-0.2, 0) is 0 Å². The first kappa shape index (κ1) is 16.8. The summed E-state index contributed by atoms with van der Waals surface area (Å²) in [5, 5.41) is 0. The molecule has 0 saturated carbocycles. The van der Waals surface area contributed by atoms with Gasteiger partial charge in [-0.1, -0.05) is 13.6 Å². The van der Waals surface area contributed by atoms with Crippen LogP contribution in [0.2, 0.25) is 13.6 Å². The lowest BCUT2D eigenvalue weighted by atomic mass is 9.88. The van der Waals surface area contributed by atoms with Gasteiger partial charge in [-0.05, 0) is 0 Å². The Balaban J connectivity index is -0.0000000886. The van der Waals surface area contributed by atoms with Crippen LogP contribution in [0.5, 0.6) is 0 Å². The Hall–Kier alpha value is -0.595. The second-order valence-electron chi connectivity index (χ2n) is 2.74. The molecule has 0 fully saturated rings. The highest BCUT2D eigenvalue weighted by molar-refractivity contribution is 6.31. The minimum Gasteiger partial charge on any atom is -0.248 e. The van der Waals surface area contributed by atoms with Crippen LogP contribution in [-0.4, -0.2) is 58.1 Å². The third-order valence-corrected chi connectivity index (χ3v) is 0. The molecule has 2 nitrogen and oxygen atoms in total. The van der Waals surface area contributed by atoms with Crippen molar-refractivity contribution in [3.8, 4) is 0 Å². The summed E-state index contributed by atoms with van der Waals surface area (Å²) in [6.45, 7) is 10.9. The van der Waals surface area contributed by atoms with Crippen molar-refractivity contribution >= 4 is 20.7 Å². The summed E-state index contributed by atoms with van der Waals surface area (Å²) < 4.78 is 3.50. The van der Waals surface area contributed by atoms with Gasteiger partial charge in [0.1, 0.15) is 48.9 Å². The maximum atomic E-state index is 3.47. The van der Waals surface area contributed by atoms with Crippen LogP contribution in [0, 0.1) is 0 Å². The minimum absolute atomic E-state index is 1.75. The lowest BCUT2D eigenvalue weighted by molar-refractivity contribution is -0.454. The van der Waals surface area contributed by atoms with Crippen molar-refractivity contribution in [1.29, 1.82) is 0 Å². The molecule has 3 heteroatoms. The normalized spacial score (nSPS) is 6.00. The highest BCUT2D eigenvalue weighted by atomic mass is 14.9. The van der Waals surface area contributed by atoms with E-state index in [9.17, 15) is 0 Å². The van der Waals surface area contributed by atoms with Gasteiger partial charge in [0.2, 0.25) is 0 Å². The van der Waals surface area contributed by atoms with Gasteiger partial charge < -0.3 is 0 Å². The topological polar surface area (TPSA) is 6.02 Å². The van der Waals surface area contributed by atoms with Gasteiger partial charge in [0.05, 0.1) is 0 Å². The zero-order chi connectivity index (χ0) is 9.86. The number of nitrogens with zero attached hydrogens (tertiary/aromatic N) is 2. The van der Waals surface area contributed by atoms with Gasteiger partial charge in [0.25, 0.3) is 0 Å². The van der Waals surface area contributed by atoms with Crippen LogP contribution in [0.1, 0.15) is 0 Å². The van der Waals surface area contributed by atoms with E-state index in [1.807, 2.05) is 49.1 Å². The zero-order valence-corrected chi connectivity index (χ0v) is 8.89. The van der Waals surface area contributed by atoms with Crippen LogP contribution in [0.4, 0.5) is 0 Å². The molecule has 1 radical (unpaired) electrons. The van der Waals surface area contributed by atoms with E-state index in [0.29, 0.717) is 0 Å². The lowest BCUT2D eigenvalue weighted by Crippen LogP contribution is -1.86. The van der Waals surface area contributed by atoms with Crippen molar-refractivity contribution in [2.24, 2.45) is 0 Å². The van der Waals surface area contributed by atoms with Gasteiger partial charge in [0.15, 0.2) is 0 Å². The third kappa shape index (κ3) is 1460. The van der Waals surface area contributed by atoms with Crippen LogP contribution in [0.15, 0.2) is 0 Å². The van der Waals surface area contributed by atoms with Crippen LogP contribution in [0.3, 0.4) is 0 Å². The predicted molar refractivity (Wildman–Crippen MR) is 55.9 cm³/mol. The van der Waals surface area contributed by atoms with E-state index in [2.05, 4.69) is 13.4 Å². The molecule has 0 atom stereocenters. The second-order valence-corrected chi connectivity index (χ2v) is 2.74. The summed E-state index contributed by atoms with van der Waals surface area (Å²) in [4.78, 5) is 0. The average Bonchev–Trinajstić information content (AvgIpc) is 1.60. The van der Waals surface area contributed by atoms with Gasteiger partial charge >= 0.3 is 0 Å². The molecule has 0 saturated heterocycles. The lowest BCUT2D eigenvalue weighted by Gasteiger charge is -1.65. The summed E-state index contributed by atoms with van der Waals surface area (Å²) in [7, 11) is 9.56. The minimum atomic E-state index is 1.75. The molecule has 0 unspecified atom stereocenters. The van der Waals surface area contributed by atoms with E-state index in [-0.39, 0.29) is 0 Å². The maximum absolute atomic E-state index is 3.47. The summed E-state index contributed by atoms with van der Waals surface area (Å²) in [5.41, 5.74) is 0. The SMILES string of the molecule is C=[N+](C)C.C=[N+](C)C.C[B]C. The first-order chi connectivity index (χ1) is 4.88. The van der Waals surface area contributed by atoms with E-state index in [0.717, 1.165) is 0 Å². The Bertz CT molecular complexity index is 80.3. The molecular weight excluding hydrogens is 135 g/mol. The Morgan fingerprint density at radius 2 is 0.818 bits per heavy atom. The number of hydrogen-bond acceptors (Lipinski definition) is 0. The van der Waals surface area contributed by atoms with E-state index in [4.69, 9.17) is 0 Å². The van der Waals surface area contributed by atoms with E-state index < -0.39 is 0 Å². The van der Waals surface area contributed by atoms with Gasteiger partial charge in [0, 0.05) is 0 Å². The van der Waals surface area contributed by atoms with Crippen LogP contribution < -0.4 is 0 Å². The largest absolute Gasteiger partial charge is 0.248 e. The Morgan fingerprint density at radius 1 is 0.818 bits per heavy atom. The first-order valence-electron chi connectivity index (χ1n) is 3.58.